The molecule has 0 radical (unpaired) electrons. The molecule has 14 heavy (non-hydrogen) atoms. The number of hydrogen-bond donors (Lipinski definition) is 0. The molecule has 0 saturated carbocycles. The zero-order valence-corrected chi connectivity index (χ0v) is 9.78. The normalized spacial score (nSPS) is 13.6. The summed E-state index contributed by atoms with van der Waals surface area (Å²) in [5, 5.41) is 0. The number of aromatic nitrogens is 2. The van der Waals surface area contributed by atoms with E-state index in [0.29, 0.717) is 17.8 Å². The van der Waals surface area contributed by atoms with Gasteiger partial charge >= 0.3 is 0 Å². The molecule has 0 N–H and O–H groups in total. The third kappa shape index (κ3) is 2.53. The summed E-state index contributed by atoms with van der Waals surface area (Å²) < 4.78 is 0. The van der Waals surface area contributed by atoms with Gasteiger partial charge in [-0.3, -0.25) is 0 Å². The average Bonchev–Trinajstić information content (AvgIpc) is 2.16. The molecule has 1 heterocycles. The van der Waals surface area contributed by atoms with Crippen LogP contribution in [0.2, 0.25) is 0 Å². The monoisotopic (exact) mass is 192 g/mol. The molecule has 78 valence electrons. The molecule has 2 heteroatoms. The van der Waals surface area contributed by atoms with Crippen LogP contribution in [0.15, 0.2) is 12.4 Å². The van der Waals surface area contributed by atoms with Crippen LogP contribution < -0.4 is 0 Å². The van der Waals surface area contributed by atoms with Crippen LogP contribution in [0.3, 0.4) is 0 Å². The maximum atomic E-state index is 4.33. The van der Waals surface area contributed by atoms with Gasteiger partial charge < -0.3 is 0 Å². The second-order valence-electron chi connectivity index (χ2n) is 4.56. The van der Waals surface area contributed by atoms with Crippen LogP contribution in [-0.4, -0.2) is 9.97 Å². The Morgan fingerprint density at radius 3 is 2.00 bits per heavy atom. The average molecular weight is 192 g/mol. The van der Waals surface area contributed by atoms with Crippen molar-refractivity contribution in [2.24, 2.45) is 5.92 Å². The fourth-order valence-electron chi connectivity index (χ4n) is 1.29. The molecule has 1 atom stereocenters. The fraction of sp³-hybridized carbons (Fsp3) is 0.667. The molecule has 1 rings (SSSR count). The first-order chi connectivity index (χ1) is 6.52. The van der Waals surface area contributed by atoms with Crippen molar-refractivity contribution >= 4 is 0 Å². The number of rotatable bonds is 3. The van der Waals surface area contributed by atoms with Gasteiger partial charge in [0.2, 0.25) is 0 Å². The van der Waals surface area contributed by atoms with Gasteiger partial charge in [0.05, 0.1) is 0 Å². The van der Waals surface area contributed by atoms with Gasteiger partial charge in [-0.05, 0) is 17.9 Å². The highest BCUT2D eigenvalue weighted by Crippen LogP contribution is 2.23. The largest absolute Gasteiger partial charge is 0.241 e. The van der Waals surface area contributed by atoms with Gasteiger partial charge in [-0.2, -0.15) is 0 Å². The highest BCUT2D eigenvalue weighted by atomic mass is 14.8. The third-order valence-corrected chi connectivity index (χ3v) is 2.77. The van der Waals surface area contributed by atoms with Gasteiger partial charge in [0.1, 0.15) is 6.33 Å². The first-order valence-corrected chi connectivity index (χ1v) is 5.34. The predicted octanol–water partition coefficient (Wildman–Crippen LogP) is 3.36. The fourth-order valence-corrected chi connectivity index (χ4v) is 1.29. The van der Waals surface area contributed by atoms with Crippen LogP contribution in [-0.2, 0) is 0 Å². The van der Waals surface area contributed by atoms with Crippen LogP contribution in [0.5, 0.6) is 0 Å². The van der Waals surface area contributed by atoms with Crippen molar-refractivity contribution in [2.75, 3.05) is 0 Å². The highest BCUT2D eigenvalue weighted by Gasteiger charge is 2.12. The van der Waals surface area contributed by atoms with Gasteiger partial charge in [0.15, 0.2) is 0 Å². The zero-order chi connectivity index (χ0) is 10.7. The summed E-state index contributed by atoms with van der Waals surface area (Å²) in [5.74, 6) is 1.62. The van der Waals surface area contributed by atoms with Crippen molar-refractivity contribution in [3.63, 3.8) is 0 Å². The van der Waals surface area contributed by atoms with E-state index in [-0.39, 0.29) is 0 Å². The maximum Gasteiger partial charge on any atom is 0.115 e. The first-order valence-electron chi connectivity index (χ1n) is 5.34. The SMILES string of the molecule is CC(C)c1cc(C(C)C(C)C)ncn1. The topological polar surface area (TPSA) is 25.8 Å². The summed E-state index contributed by atoms with van der Waals surface area (Å²) in [5.41, 5.74) is 2.31. The molecule has 0 aliphatic heterocycles. The predicted molar refractivity (Wildman–Crippen MR) is 59.4 cm³/mol. The molecular weight excluding hydrogens is 172 g/mol. The van der Waals surface area contributed by atoms with Crippen molar-refractivity contribution in [2.45, 2.75) is 46.5 Å². The summed E-state index contributed by atoms with van der Waals surface area (Å²) >= 11 is 0. The van der Waals surface area contributed by atoms with E-state index in [9.17, 15) is 0 Å². The Balaban J connectivity index is 2.93. The lowest BCUT2D eigenvalue weighted by Gasteiger charge is -2.15. The van der Waals surface area contributed by atoms with E-state index in [1.165, 1.54) is 5.69 Å². The van der Waals surface area contributed by atoms with Crippen LogP contribution >= 0.6 is 0 Å². The minimum Gasteiger partial charge on any atom is -0.241 e. The molecular formula is C12H20N2. The van der Waals surface area contributed by atoms with Crippen LogP contribution in [0.4, 0.5) is 0 Å². The van der Waals surface area contributed by atoms with Crippen LogP contribution in [0.25, 0.3) is 0 Å². The van der Waals surface area contributed by atoms with Crippen molar-refractivity contribution < 1.29 is 0 Å². The van der Waals surface area contributed by atoms with Gasteiger partial charge in [-0.25, -0.2) is 9.97 Å². The second kappa shape index (κ2) is 4.54. The van der Waals surface area contributed by atoms with E-state index in [0.717, 1.165) is 5.69 Å². The van der Waals surface area contributed by atoms with Crippen molar-refractivity contribution in [1.29, 1.82) is 0 Å². The molecule has 1 unspecified atom stereocenters. The molecule has 2 nitrogen and oxygen atoms in total. The van der Waals surface area contributed by atoms with Crippen molar-refractivity contribution in [3.8, 4) is 0 Å². The smallest absolute Gasteiger partial charge is 0.115 e. The molecule has 0 aliphatic rings. The van der Waals surface area contributed by atoms with E-state index in [1.807, 2.05) is 0 Å². The lowest BCUT2D eigenvalue weighted by atomic mass is 9.93. The highest BCUT2D eigenvalue weighted by molar-refractivity contribution is 5.14. The van der Waals surface area contributed by atoms with Crippen molar-refractivity contribution in [3.05, 3.63) is 23.8 Å². The Bertz CT molecular complexity index is 292. The van der Waals surface area contributed by atoms with E-state index in [1.54, 1.807) is 6.33 Å². The Morgan fingerprint density at radius 2 is 1.50 bits per heavy atom. The van der Waals surface area contributed by atoms with Gasteiger partial charge in [-0.15, -0.1) is 0 Å². The first kappa shape index (κ1) is 11.2. The summed E-state index contributed by atoms with van der Waals surface area (Å²) in [7, 11) is 0. The molecule has 0 saturated heterocycles. The molecule has 0 aromatic carbocycles. The third-order valence-electron chi connectivity index (χ3n) is 2.77. The summed E-state index contributed by atoms with van der Waals surface area (Å²) in [4.78, 5) is 8.60. The summed E-state index contributed by atoms with van der Waals surface area (Å²) in [6, 6.07) is 2.13. The quantitative estimate of drug-likeness (QED) is 0.734. The molecule has 0 amide bonds. The summed E-state index contributed by atoms with van der Waals surface area (Å²) in [6.07, 6.45) is 1.68. The minimum absolute atomic E-state index is 0.483. The van der Waals surface area contributed by atoms with Crippen molar-refractivity contribution in [1.82, 2.24) is 9.97 Å². The standard InChI is InChI=1S/C12H20N2/c1-8(2)10(5)12-6-11(9(3)4)13-7-14-12/h6-10H,1-5H3. The van der Waals surface area contributed by atoms with Gasteiger partial charge in [0.25, 0.3) is 0 Å². The molecule has 0 spiro atoms. The molecule has 1 aromatic rings. The Morgan fingerprint density at radius 1 is 0.929 bits per heavy atom. The maximum absolute atomic E-state index is 4.33. The van der Waals surface area contributed by atoms with E-state index in [4.69, 9.17) is 0 Å². The zero-order valence-electron chi connectivity index (χ0n) is 9.78. The van der Waals surface area contributed by atoms with Gasteiger partial charge in [0, 0.05) is 17.3 Å². The molecule has 1 aromatic heterocycles. The minimum atomic E-state index is 0.483. The second-order valence-corrected chi connectivity index (χ2v) is 4.56. The molecule has 0 fully saturated rings. The Kier molecular flexibility index (Phi) is 3.62. The van der Waals surface area contributed by atoms with E-state index >= 15 is 0 Å². The van der Waals surface area contributed by atoms with Gasteiger partial charge in [-0.1, -0.05) is 34.6 Å². The lowest BCUT2D eigenvalue weighted by Crippen LogP contribution is -2.06. The Hall–Kier alpha value is -0.920. The van der Waals surface area contributed by atoms with E-state index in [2.05, 4.69) is 50.7 Å². The number of nitrogens with zero attached hydrogens (tertiary/aromatic N) is 2. The Labute approximate surface area is 86.8 Å². The number of hydrogen-bond acceptors (Lipinski definition) is 2. The molecule has 0 bridgehead atoms. The lowest BCUT2D eigenvalue weighted by molar-refractivity contribution is 0.521. The molecule has 0 aliphatic carbocycles. The van der Waals surface area contributed by atoms with Crippen LogP contribution in [0, 0.1) is 5.92 Å². The van der Waals surface area contributed by atoms with E-state index < -0.39 is 0 Å². The summed E-state index contributed by atoms with van der Waals surface area (Å²) in [6.45, 7) is 11.0. The van der Waals surface area contributed by atoms with Crippen LogP contribution in [0.1, 0.15) is 57.8 Å².